The van der Waals surface area contributed by atoms with Crippen LogP contribution in [0.15, 0.2) is 36.7 Å². The first-order valence-corrected chi connectivity index (χ1v) is 7.83. The van der Waals surface area contributed by atoms with E-state index in [2.05, 4.69) is 22.2 Å². The molecular formula is C18H21N3O3. The van der Waals surface area contributed by atoms with Gasteiger partial charge in [0.05, 0.1) is 17.9 Å². The fraction of sp³-hybridized carbons (Fsp3) is 0.333. The van der Waals surface area contributed by atoms with E-state index >= 15 is 0 Å². The summed E-state index contributed by atoms with van der Waals surface area (Å²) in [6, 6.07) is 7.87. The van der Waals surface area contributed by atoms with Gasteiger partial charge in [-0.05, 0) is 31.4 Å². The van der Waals surface area contributed by atoms with Gasteiger partial charge in [-0.15, -0.1) is 0 Å². The zero-order valence-electron chi connectivity index (χ0n) is 14.1. The van der Waals surface area contributed by atoms with E-state index in [1.807, 2.05) is 31.2 Å². The van der Waals surface area contributed by atoms with Crippen LogP contribution in [0.5, 0.6) is 0 Å². The van der Waals surface area contributed by atoms with Gasteiger partial charge in [0.15, 0.2) is 12.3 Å². The summed E-state index contributed by atoms with van der Waals surface area (Å²) in [7, 11) is 0. The van der Waals surface area contributed by atoms with Crippen molar-refractivity contribution < 1.29 is 14.3 Å². The monoisotopic (exact) mass is 327 g/mol. The maximum atomic E-state index is 11.9. The van der Waals surface area contributed by atoms with Crippen molar-refractivity contribution >= 4 is 11.9 Å². The molecule has 6 heteroatoms. The molecule has 1 heterocycles. The molecular weight excluding hydrogens is 306 g/mol. The van der Waals surface area contributed by atoms with Crippen molar-refractivity contribution in [1.29, 1.82) is 0 Å². The molecule has 0 saturated carbocycles. The minimum Gasteiger partial charge on any atom is -0.451 e. The second-order valence-electron chi connectivity index (χ2n) is 5.50. The summed E-state index contributed by atoms with van der Waals surface area (Å²) in [6.07, 6.45) is 3.77. The SMILES string of the molecule is CCc1ccc([C@H](C)NC(=O)COC(=O)c2cnc(C)cn2)cc1. The highest BCUT2D eigenvalue weighted by Gasteiger charge is 2.14. The summed E-state index contributed by atoms with van der Waals surface area (Å²) < 4.78 is 4.95. The van der Waals surface area contributed by atoms with Gasteiger partial charge in [0.2, 0.25) is 0 Å². The Bertz CT molecular complexity index is 696. The van der Waals surface area contributed by atoms with E-state index in [1.54, 1.807) is 6.92 Å². The Morgan fingerprint density at radius 2 is 1.88 bits per heavy atom. The predicted molar refractivity (Wildman–Crippen MR) is 89.4 cm³/mol. The minimum absolute atomic E-state index is 0.0802. The third-order valence-corrected chi connectivity index (χ3v) is 3.59. The Hall–Kier alpha value is -2.76. The average molecular weight is 327 g/mol. The van der Waals surface area contributed by atoms with Gasteiger partial charge < -0.3 is 10.1 Å². The Labute approximate surface area is 141 Å². The molecule has 6 nitrogen and oxygen atoms in total. The fourth-order valence-corrected chi connectivity index (χ4v) is 2.11. The normalized spacial score (nSPS) is 11.6. The lowest BCUT2D eigenvalue weighted by atomic mass is 10.1. The van der Waals surface area contributed by atoms with Gasteiger partial charge in [0, 0.05) is 6.20 Å². The van der Waals surface area contributed by atoms with E-state index in [4.69, 9.17) is 4.74 Å². The zero-order chi connectivity index (χ0) is 17.5. The molecule has 1 aromatic carbocycles. The number of aryl methyl sites for hydroxylation is 2. The molecule has 2 aromatic rings. The van der Waals surface area contributed by atoms with Crippen LogP contribution in [0, 0.1) is 6.92 Å². The van der Waals surface area contributed by atoms with E-state index in [0.29, 0.717) is 5.69 Å². The first kappa shape index (κ1) is 17.6. The topological polar surface area (TPSA) is 81.2 Å². The smallest absolute Gasteiger partial charge is 0.359 e. The molecule has 0 radical (unpaired) electrons. The quantitative estimate of drug-likeness (QED) is 0.824. The fourth-order valence-electron chi connectivity index (χ4n) is 2.11. The molecule has 0 aliphatic rings. The van der Waals surface area contributed by atoms with Gasteiger partial charge in [-0.2, -0.15) is 0 Å². The maximum Gasteiger partial charge on any atom is 0.359 e. The maximum absolute atomic E-state index is 11.9. The molecule has 0 saturated heterocycles. The molecule has 2 rings (SSSR count). The van der Waals surface area contributed by atoms with E-state index in [0.717, 1.165) is 12.0 Å². The summed E-state index contributed by atoms with van der Waals surface area (Å²) in [5.41, 5.74) is 3.02. The Balaban J connectivity index is 1.83. The molecule has 0 aliphatic heterocycles. The van der Waals surface area contributed by atoms with Gasteiger partial charge in [0.1, 0.15) is 0 Å². The number of esters is 1. The van der Waals surface area contributed by atoms with Crippen LogP contribution in [0.25, 0.3) is 0 Å². The first-order chi connectivity index (χ1) is 11.5. The van der Waals surface area contributed by atoms with Crippen molar-refractivity contribution in [3.05, 3.63) is 59.2 Å². The minimum atomic E-state index is -0.669. The zero-order valence-corrected chi connectivity index (χ0v) is 14.1. The number of aromatic nitrogens is 2. The van der Waals surface area contributed by atoms with Crippen LogP contribution in [0.4, 0.5) is 0 Å². The molecule has 0 unspecified atom stereocenters. The van der Waals surface area contributed by atoms with Crippen LogP contribution >= 0.6 is 0 Å². The van der Waals surface area contributed by atoms with Crippen molar-refractivity contribution in [3.63, 3.8) is 0 Å². The summed E-state index contributed by atoms with van der Waals surface area (Å²) in [4.78, 5) is 31.6. The summed E-state index contributed by atoms with van der Waals surface area (Å²) in [6.45, 7) is 5.38. The number of hydrogen-bond acceptors (Lipinski definition) is 5. The van der Waals surface area contributed by atoms with Crippen LogP contribution in [0.1, 0.15) is 47.2 Å². The van der Waals surface area contributed by atoms with Crippen molar-refractivity contribution in [2.24, 2.45) is 0 Å². The summed E-state index contributed by atoms with van der Waals surface area (Å²) in [5.74, 6) is -1.03. The number of ether oxygens (including phenoxy) is 1. The molecule has 0 aliphatic carbocycles. The van der Waals surface area contributed by atoms with E-state index in [-0.39, 0.29) is 24.2 Å². The van der Waals surface area contributed by atoms with Crippen molar-refractivity contribution in [3.8, 4) is 0 Å². The molecule has 1 amide bonds. The highest BCUT2D eigenvalue weighted by atomic mass is 16.5. The lowest BCUT2D eigenvalue weighted by Gasteiger charge is -2.14. The number of hydrogen-bond donors (Lipinski definition) is 1. The van der Waals surface area contributed by atoms with Crippen molar-refractivity contribution in [2.75, 3.05) is 6.61 Å². The van der Waals surface area contributed by atoms with Gasteiger partial charge in [-0.1, -0.05) is 31.2 Å². The van der Waals surface area contributed by atoms with E-state index in [1.165, 1.54) is 18.0 Å². The predicted octanol–water partition coefficient (Wildman–Crippen LogP) is 2.38. The highest BCUT2D eigenvalue weighted by Crippen LogP contribution is 2.13. The molecule has 1 atom stereocenters. The average Bonchev–Trinajstić information content (AvgIpc) is 2.60. The van der Waals surface area contributed by atoms with Crippen LogP contribution in [-0.2, 0) is 16.0 Å². The lowest BCUT2D eigenvalue weighted by Crippen LogP contribution is -2.31. The molecule has 24 heavy (non-hydrogen) atoms. The third kappa shape index (κ3) is 4.87. The highest BCUT2D eigenvalue weighted by molar-refractivity contribution is 5.89. The number of amides is 1. The first-order valence-electron chi connectivity index (χ1n) is 7.83. The van der Waals surface area contributed by atoms with Gasteiger partial charge >= 0.3 is 5.97 Å². The molecule has 1 N–H and O–H groups in total. The van der Waals surface area contributed by atoms with Gasteiger partial charge in [-0.3, -0.25) is 9.78 Å². The molecule has 126 valence electrons. The van der Waals surface area contributed by atoms with Crippen molar-refractivity contribution in [1.82, 2.24) is 15.3 Å². The number of rotatable bonds is 6. The van der Waals surface area contributed by atoms with Crippen LogP contribution in [-0.4, -0.2) is 28.5 Å². The lowest BCUT2D eigenvalue weighted by molar-refractivity contribution is -0.124. The molecule has 0 fully saturated rings. The number of benzene rings is 1. The number of nitrogens with one attached hydrogen (secondary N) is 1. The Kier molecular flexibility index (Phi) is 6.01. The van der Waals surface area contributed by atoms with Crippen LogP contribution in [0.3, 0.4) is 0 Å². The number of carbonyl (C=O) groups excluding carboxylic acids is 2. The van der Waals surface area contributed by atoms with E-state index < -0.39 is 5.97 Å². The van der Waals surface area contributed by atoms with E-state index in [9.17, 15) is 9.59 Å². The molecule has 1 aromatic heterocycles. The van der Waals surface area contributed by atoms with Crippen LogP contribution < -0.4 is 5.32 Å². The standard InChI is InChI=1S/C18H21N3O3/c1-4-14-5-7-15(8-6-14)13(3)21-17(22)11-24-18(23)16-10-19-12(2)9-20-16/h5-10,13H,4,11H2,1-3H3,(H,21,22)/t13-/m0/s1. The largest absolute Gasteiger partial charge is 0.451 e. The van der Waals surface area contributed by atoms with Crippen molar-refractivity contribution in [2.45, 2.75) is 33.2 Å². The summed E-state index contributed by atoms with van der Waals surface area (Å²) in [5, 5.41) is 2.80. The molecule has 0 bridgehead atoms. The van der Waals surface area contributed by atoms with Crippen LogP contribution in [0.2, 0.25) is 0 Å². The van der Waals surface area contributed by atoms with Gasteiger partial charge in [0.25, 0.3) is 5.91 Å². The second kappa shape index (κ2) is 8.19. The number of nitrogens with zero attached hydrogens (tertiary/aromatic N) is 2. The Morgan fingerprint density at radius 1 is 1.17 bits per heavy atom. The summed E-state index contributed by atoms with van der Waals surface area (Å²) >= 11 is 0. The van der Waals surface area contributed by atoms with Gasteiger partial charge in [-0.25, -0.2) is 9.78 Å². The number of carbonyl (C=O) groups is 2. The molecule has 0 spiro atoms. The Morgan fingerprint density at radius 3 is 2.46 bits per heavy atom. The second-order valence-corrected chi connectivity index (χ2v) is 5.50. The third-order valence-electron chi connectivity index (χ3n) is 3.59.